The monoisotopic (exact) mass is 384 g/mol. The summed E-state index contributed by atoms with van der Waals surface area (Å²) in [6.07, 6.45) is 1.90. The van der Waals surface area contributed by atoms with Crippen molar-refractivity contribution in [3.8, 4) is 0 Å². The molecule has 0 aliphatic rings. The van der Waals surface area contributed by atoms with Gasteiger partial charge in [-0.1, -0.05) is 30.3 Å². The molecule has 0 fully saturated rings. The van der Waals surface area contributed by atoms with E-state index in [4.69, 9.17) is 5.11 Å². The van der Waals surface area contributed by atoms with E-state index in [0.29, 0.717) is 19.4 Å². The molecular formula is C18H28N2O5S. The number of hydrogen-bond acceptors (Lipinski definition) is 4. The summed E-state index contributed by atoms with van der Waals surface area (Å²) in [6, 6.07) is 8.31. The lowest BCUT2D eigenvalue weighted by Gasteiger charge is -2.30. The van der Waals surface area contributed by atoms with Crippen LogP contribution in [0.3, 0.4) is 0 Å². The van der Waals surface area contributed by atoms with E-state index < -0.39 is 21.8 Å². The Hall–Kier alpha value is -2.09. The van der Waals surface area contributed by atoms with Gasteiger partial charge in [0.1, 0.15) is 9.84 Å². The van der Waals surface area contributed by atoms with Crippen LogP contribution in [0.25, 0.3) is 0 Å². The Morgan fingerprint density at radius 3 is 2.35 bits per heavy atom. The molecule has 0 heterocycles. The van der Waals surface area contributed by atoms with Crippen LogP contribution in [-0.4, -0.2) is 61.1 Å². The van der Waals surface area contributed by atoms with Crippen LogP contribution >= 0.6 is 0 Å². The van der Waals surface area contributed by atoms with E-state index in [2.05, 4.69) is 5.32 Å². The number of sulfone groups is 1. The fourth-order valence-electron chi connectivity index (χ4n) is 2.86. The second-order valence-electron chi connectivity index (χ2n) is 6.50. The number of amides is 2. The number of hydrogen-bond donors (Lipinski definition) is 2. The first kappa shape index (κ1) is 22.0. The summed E-state index contributed by atoms with van der Waals surface area (Å²) in [5.41, 5.74) is 0.996. The van der Waals surface area contributed by atoms with Gasteiger partial charge < -0.3 is 15.3 Å². The molecule has 2 atom stereocenters. The van der Waals surface area contributed by atoms with Gasteiger partial charge in [0.25, 0.3) is 0 Å². The smallest absolute Gasteiger partial charge is 0.317 e. The first-order valence-electron chi connectivity index (χ1n) is 8.63. The Balaban J connectivity index is 2.82. The van der Waals surface area contributed by atoms with Crippen LogP contribution in [0.5, 0.6) is 0 Å². The minimum atomic E-state index is -3.21. The summed E-state index contributed by atoms with van der Waals surface area (Å²) in [5, 5.41) is 11.8. The van der Waals surface area contributed by atoms with Gasteiger partial charge in [-0.05, 0) is 32.3 Å². The van der Waals surface area contributed by atoms with E-state index in [1.807, 2.05) is 30.3 Å². The summed E-state index contributed by atoms with van der Waals surface area (Å²) >= 11 is 0. The molecule has 1 rings (SSSR count). The lowest BCUT2D eigenvalue weighted by atomic mass is 10.0. The summed E-state index contributed by atoms with van der Waals surface area (Å²) in [5.74, 6) is -1.04. The van der Waals surface area contributed by atoms with Crippen LogP contribution in [0, 0.1) is 0 Å². The summed E-state index contributed by atoms with van der Waals surface area (Å²) in [7, 11) is -3.21. The second-order valence-corrected chi connectivity index (χ2v) is 8.68. The van der Waals surface area contributed by atoms with Crippen molar-refractivity contribution in [3.63, 3.8) is 0 Å². The van der Waals surface area contributed by atoms with Gasteiger partial charge in [0.2, 0.25) is 0 Å². The number of carbonyl (C=O) groups is 2. The SMILES string of the molecule is CCN(C(=O)NC(CCC(=O)O)Cc1ccccc1)C(C)CS(C)(=O)=O. The zero-order valence-electron chi connectivity index (χ0n) is 15.5. The second kappa shape index (κ2) is 10.2. The predicted molar refractivity (Wildman–Crippen MR) is 101 cm³/mol. The highest BCUT2D eigenvalue weighted by atomic mass is 32.2. The zero-order valence-corrected chi connectivity index (χ0v) is 16.3. The molecule has 0 saturated carbocycles. The summed E-state index contributed by atoms with van der Waals surface area (Å²) in [6.45, 7) is 3.83. The third kappa shape index (κ3) is 8.33. The number of urea groups is 1. The van der Waals surface area contributed by atoms with Crippen LogP contribution in [-0.2, 0) is 21.1 Å². The summed E-state index contributed by atoms with van der Waals surface area (Å²) in [4.78, 5) is 25.0. The van der Waals surface area contributed by atoms with E-state index in [1.54, 1.807) is 13.8 Å². The number of nitrogens with one attached hydrogen (secondary N) is 1. The normalized spacial score (nSPS) is 13.7. The zero-order chi connectivity index (χ0) is 19.7. The molecule has 0 aliphatic heterocycles. The minimum absolute atomic E-state index is 0.0528. The van der Waals surface area contributed by atoms with Crippen molar-refractivity contribution in [1.29, 1.82) is 0 Å². The van der Waals surface area contributed by atoms with Gasteiger partial charge in [-0.2, -0.15) is 0 Å². The Kier molecular flexibility index (Phi) is 8.57. The number of carbonyl (C=O) groups excluding carboxylic acids is 1. The molecule has 7 nitrogen and oxygen atoms in total. The molecule has 0 radical (unpaired) electrons. The van der Waals surface area contributed by atoms with Gasteiger partial charge in [0, 0.05) is 31.3 Å². The Morgan fingerprint density at radius 2 is 1.85 bits per heavy atom. The van der Waals surface area contributed by atoms with Crippen molar-refractivity contribution in [3.05, 3.63) is 35.9 Å². The molecule has 1 aromatic rings. The minimum Gasteiger partial charge on any atom is -0.481 e. The highest BCUT2D eigenvalue weighted by Gasteiger charge is 2.24. The average molecular weight is 384 g/mol. The molecule has 2 N–H and O–H groups in total. The standard InChI is InChI=1S/C18H28N2O5S/c1-4-20(14(2)13-26(3,24)25)18(23)19-16(10-11-17(21)22)12-15-8-6-5-7-9-15/h5-9,14,16H,4,10-13H2,1-3H3,(H,19,23)(H,21,22). The Labute approximate surface area is 155 Å². The highest BCUT2D eigenvalue weighted by molar-refractivity contribution is 7.90. The van der Waals surface area contributed by atoms with Crippen LogP contribution in [0.2, 0.25) is 0 Å². The number of aliphatic carboxylic acids is 1. The van der Waals surface area contributed by atoms with E-state index in [1.165, 1.54) is 4.90 Å². The maximum absolute atomic E-state index is 12.6. The molecule has 2 amide bonds. The Morgan fingerprint density at radius 1 is 1.23 bits per heavy atom. The van der Waals surface area contributed by atoms with Crippen molar-refractivity contribution in [2.75, 3.05) is 18.6 Å². The maximum Gasteiger partial charge on any atom is 0.317 e. The fourth-order valence-corrected chi connectivity index (χ4v) is 3.92. The largest absolute Gasteiger partial charge is 0.481 e. The molecule has 8 heteroatoms. The predicted octanol–water partition coefficient (Wildman–Crippen LogP) is 1.93. The van der Waals surface area contributed by atoms with Gasteiger partial charge in [-0.15, -0.1) is 0 Å². The lowest BCUT2D eigenvalue weighted by molar-refractivity contribution is -0.137. The van der Waals surface area contributed by atoms with E-state index >= 15 is 0 Å². The molecule has 2 unspecified atom stereocenters. The average Bonchev–Trinajstić information content (AvgIpc) is 2.52. The molecule has 0 saturated heterocycles. The molecule has 146 valence electrons. The molecule has 1 aromatic carbocycles. The maximum atomic E-state index is 12.6. The molecule has 0 aliphatic carbocycles. The van der Waals surface area contributed by atoms with Crippen molar-refractivity contribution in [1.82, 2.24) is 10.2 Å². The van der Waals surface area contributed by atoms with Gasteiger partial charge in [-0.3, -0.25) is 4.79 Å². The number of benzene rings is 1. The Bertz CT molecular complexity index is 691. The lowest BCUT2D eigenvalue weighted by Crippen LogP contribution is -2.50. The number of carboxylic acids is 1. The van der Waals surface area contributed by atoms with Gasteiger partial charge >= 0.3 is 12.0 Å². The quantitative estimate of drug-likeness (QED) is 0.641. The van der Waals surface area contributed by atoms with E-state index in [0.717, 1.165) is 11.8 Å². The number of nitrogens with zero attached hydrogens (tertiary/aromatic N) is 1. The molecule has 26 heavy (non-hydrogen) atoms. The summed E-state index contributed by atoms with van der Waals surface area (Å²) < 4.78 is 23.0. The van der Waals surface area contributed by atoms with Crippen molar-refractivity contribution in [2.45, 2.75) is 45.2 Å². The third-order valence-corrected chi connectivity index (χ3v) is 5.12. The molecule has 0 aromatic heterocycles. The molecular weight excluding hydrogens is 356 g/mol. The topological polar surface area (TPSA) is 104 Å². The number of rotatable bonds is 10. The molecule has 0 bridgehead atoms. The number of carboxylic acid groups (broad SMARTS) is 1. The van der Waals surface area contributed by atoms with Crippen LogP contribution in [0.1, 0.15) is 32.3 Å². The molecule has 0 spiro atoms. The highest BCUT2D eigenvalue weighted by Crippen LogP contribution is 2.10. The fraction of sp³-hybridized carbons (Fsp3) is 0.556. The third-order valence-electron chi connectivity index (χ3n) is 4.04. The van der Waals surface area contributed by atoms with Crippen molar-refractivity contribution in [2.24, 2.45) is 0 Å². The van der Waals surface area contributed by atoms with E-state index in [9.17, 15) is 18.0 Å². The van der Waals surface area contributed by atoms with Crippen molar-refractivity contribution >= 4 is 21.8 Å². The van der Waals surface area contributed by atoms with Gasteiger partial charge in [0.05, 0.1) is 5.75 Å². The van der Waals surface area contributed by atoms with Crippen LogP contribution < -0.4 is 5.32 Å². The van der Waals surface area contributed by atoms with Crippen LogP contribution in [0.4, 0.5) is 4.79 Å². The first-order valence-corrected chi connectivity index (χ1v) is 10.7. The van der Waals surface area contributed by atoms with E-state index in [-0.39, 0.29) is 24.2 Å². The first-order chi connectivity index (χ1) is 12.1. The van der Waals surface area contributed by atoms with Gasteiger partial charge in [-0.25, -0.2) is 13.2 Å². The van der Waals surface area contributed by atoms with Gasteiger partial charge in [0.15, 0.2) is 0 Å². The van der Waals surface area contributed by atoms with Crippen molar-refractivity contribution < 1.29 is 23.1 Å². The van der Waals surface area contributed by atoms with Crippen LogP contribution in [0.15, 0.2) is 30.3 Å².